The highest BCUT2D eigenvalue weighted by Gasteiger charge is 2.32. The molecule has 2 heterocycles. The van der Waals surface area contributed by atoms with Crippen molar-refractivity contribution in [2.24, 2.45) is 0 Å². The molecule has 0 saturated carbocycles. The van der Waals surface area contributed by atoms with Gasteiger partial charge < -0.3 is 10.1 Å². The number of halogens is 1. The van der Waals surface area contributed by atoms with Crippen molar-refractivity contribution in [2.75, 3.05) is 44.7 Å². The van der Waals surface area contributed by atoms with Gasteiger partial charge in [0.05, 0.1) is 24.3 Å². The number of hydrogen-bond acceptors (Lipinski definition) is 5. The second-order valence-electron chi connectivity index (χ2n) is 7.13. The van der Waals surface area contributed by atoms with Crippen molar-refractivity contribution in [1.29, 1.82) is 0 Å². The fourth-order valence-corrected chi connectivity index (χ4v) is 4.22. The third kappa shape index (κ3) is 2.96. The number of anilines is 1. The first kappa shape index (κ1) is 17.6. The van der Waals surface area contributed by atoms with Crippen LogP contribution < -0.4 is 5.32 Å². The minimum atomic E-state index is 0.0313. The molecule has 5 nitrogen and oxygen atoms in total. The molecule has 0 amide bonds. The Hall–Kier alpha value is -2.47. The summed E-state index contributed by atoms with van der Waals surface area (Å²) in [6, 6.07) is 13.4. The van der Waals surface area contributed by atoms with Crippen molar-refractivity contribution in [1.82, 2.24) is 9.88 Å². The molecule has 0 unspecified atom stereocenters. The van der Waals surface area contributed by atoms with E-state index in [-0.39, 0.29) is 5.78 Å². The number of benzene rings is 2. The van der Waals surface area contributed by atoms with E-state index in [1.807, 2.05) is 42.5 Å². The third-order valence-electron chi connectivity index (χ3n) is 5.44. The van der Waals surface area contributed by atoms with Crippen molar-refractivity contribution in [3.63, 3.8) is 0 Å². The van der Waals surface area contributed by atoms with Crippen LogP contribution in [0.4, 0.5) is 5.82 Å². The molecule has 0 spiro atoms. The van der Waals surface area contributed by atoms with E-state index in [0.29, 0.717) is 16.4 Å². The van der Waals surface area contributed by atoms with Gasteiger partial charge in [-0.15, -0.1) is 0 Å². The molecule has 6 heteroatoms. The van der Waals surface area contributed by atoms with Gasteiger partial charge in [-0.25, -0.2) is 4.98 Å². The van der Waals surface area contributed by atoms with Gasteiger partial charge in [0.1, 0.15) is 5.82 Å². The van der Waals surface area contributed by atoms with Crippen molar-refractivity contribution >= 4 is 34.1 Å². The van der Waals surface area contributed by atoms with Crippen LogP contribution in [-0.4, -0.2) is 55.1 Å². The summed E-state index contributed by atoms with van der Waals surface area (Å²) in [6.45, 7) is 5.02. The number of nitrogens with zero attached hydrogens (tertiary/aromatic N) is 2. The molecule has 1 aromatic heterocycles. The van der Waals surface area contributed by atoms with Crippen LogP contribution in [-0.2, 0) is 4.74 Å². The Labute approximate surface area is 168 Å². The summed E-state index contributed by atoms with van der Waals surface area (Å²) in [4.78, 5) is 20.3. The number of hydrogen-bond donors (Lipinski definition) is 1. The maximum atomic E-state index is 13.2. The summed E-state index contributed by atoms with van der Waals surface area (Å²) in [5.41, 5.74) is 4.12. The summed E-state index contributed by atoms with van der Waals surface area (Å²) in [5, 5.41) is 5.00. The number of carbonyl (C=O) groups excluding carboxylic acids is 1. The van der Waals surface area contributed by atoms with Crippen molar-refractivity contribution in [3.8, 4) is 11.1 Å². The number of ether oxygens (including phenoxy) is 1. The van der Waals surface area contributed by atoms with Crippen molar-refractivity contribution in [3.05, 3.63) is 58.6 Å². The second-order valence-corrected chi connectivity index (χ2v) is 7.56. The highest BCUT2D eigenvalue weighted by molar-refractivity contribution is 6.32. The van der Waals surface area contributed by atoms with Crippen LogP contribution in [0.15, 0.2) is 42.5 Å². The zero-order valence-corrected chi connectivity index (χ0v) is 16.1. The number of morpholine rings is 1. The molecule has 1 N–H and O–H groups in total. The molecular formula is C22H20ClN3O2. The molecule has 0 bridgehead atoms. The monoisotopic (exact) mass is 393 g/mol. The van der Waals surface area contributed by atoms with E-state index in [9.17, 15) is 4.79 Å². The Balaban J connectivity index is 1.55. The fraction of sp³-hybridized carbons (Fsp3) is 0.273. The maximum Gasteiger partial charge on any atom is 0.198 e. The molecule has 0 radical (unpaired) electrons. The van der Waals surface area contributed by atoms with Gasteiger partial charge in [0.25, 0.3) is 0 Å². The van der Waals surface area contributed by atoms with Crippen LogP contribution in [0.3, 0.4) is 0 Å². The van der Waals surface area contributed by atoms with E-state index in [2.05, 4.69) is 10.2 Å². The average molecular weight is 394 g/mol. The lowest BCUT2D eigenvalue weighted by atomic mass is 10.0. The minimum absolute atomic E-state index is 0.0313. The van der Waals surface area contributed by atoms with Gasteiger partial charge in [0.2, 0.25) is 0 Å². The smallest absolute Gasteiger partial charge is 0.198 e. The number of rotatable bonds is 4. The highest BCUT2D eigenvalue weighted by atomic mass is 35.5. The fourth-order valence-electron chi connectivity index (χ4n) is 4.06. The Morgan fingerprint density at radius 2 is 1.86 bits per heavy atom. The molecule has 3 aromatic rings. The zero-order valence-electron chi connectivity index (χ0n) is 15.4. The van der Waals surface area contributed by atoms with E-state index in [4.69, 9.17) is 21.3 Å². The predicted molar refractivity (Wildman–Crippen MR) is 111 cm³/mol. The van der Waals surface area contributed by atoms with E-state index >= 15 is 0 Å². The van der Waals surface area contributed by atoms with Crippen LogP contribution in [0.5, 0.6) is 0 Å². The molecule has 2 aromatic carbocycles. The molecule has 1 aliphatic carbocycles. The van der Waals surface area contributed by atoms with E-state index in [0.717, 1.165) is 67.0 Å². The highest BCUT2D eigenvalue weighted by Crippen LogP contribution is 2.44. The number of fused-ring (bicyclic) bond motifs is 5. The zero-order chi connectivity index (χ0) is 19.1. The van der Waals surface area contributed by atoms with Gasteiger partial charge in [-0.2, -0.15) is 0 Å². The molecule has 1 saturated heterocycles. The summed E-state index contributed by atoms with van der Waals surface area (Å²) in [5.74, 6) is 0.669. The Morgan fingerprint density at radius 3 is 2.68 bits per heavy atom. The van der Waals surface area contributed by atoms with Crippen LogP contribution in [0.25, 0.3) is 22.0 Å². The maximum absolute atomic E-state index is 13.2. The largest absolute Gasteiger partial charge is 0.379 e. The van der Waals surface area contributed by atoms with Gasteiger partial charge in [-0.3, -0.25) is 9.69 Å². The lowest BCUT2D eigenvalue weighted by Crippen LogP contribution is -2.39. The Bertz CT molecular complexity index is 1080. The van der Waals surface area contributed by atoms with Crippen LogP contribution in [0.2, 0.25) is 5.02 Å². The predicted octanol–water partition coefficient (Wildman–Crippen LogP) is 3.84. The Kier molecular flexibility index (Phi) is 4.51. The molecule has 28 heavy (non-hydrogen) atoms. The van der Waals surface area contributed by atoms with E-state index < -0.39 is 0 Å². The van der Waals surface area contributed by atoms with Crippen LogP contribution in [0.1, 0.15) is 15.9 Å². The number of aromatic nitrogens is 1. The quantitative estimate of drug-likeness (QED) is 0.571. The molecule has 142 valence electrons. The minimum Gasteiger partial charge on any atom is -0.379 e. The van der Waals surface area contributed by atoms with Gasteiger partial charge in [-0.05, 0) is 17.7 Å². The number of carbonyl (C=O) groups is 1. The summed E-state index contributed by atoms with van der Waals surface area (Å²) >= 11 is 6.21. The molecule has 1 aliphatic heterocycles. The number of pyridine rings is 1. The van der Waals surface area contributed by atoms with Crippen molar-refractivity contribution < 1.29 is 9.53 Å². The van der Waals surface area contributed by atoms with Crippen molar-refractivity contribution in [2.45, 2.75) is 0 Å². The molecule has 0 atom stereocenters. The molecule has 5 rings (SSSR count). The van der Waals surface area contributed by atoms with E-state index in [1.54, 1.807) is 0 Å². The van der Waals surface area contributed by atoms with E-state index in [1.165, 1.54) is 0 Å². The lowest BCUT2D eigenvalue weighted by molar-refractivity contribution is 0.0398. The topological polar surface area (TPSA) is 54.5 Å². The number of ketones is 1. The summed E-state index contributed by atoms with van der Waals surface area (Å²) < 4.78 is 5.40. The van der Waals surface area contributed by atoms with Crippen LogP contribution >= 0.6 is 11.6 Å². The van der Waals surface area contributed by atoms with Crippen LogP contribution in [0, 0.1) is 0 Å². The molecule has 2 aliphatic rings. The van der Waals surface area contributed by atoms with Gasteiger partial charge >= 0.3 is 0 Å². The SMILES string of the molecule is O=C1c2ccccc2-c2c1c(NCCN1CCOCC1)nc1cc(Cl)ccc21. The summed E-state index contributed by atoms with van der Waals surface area (Å²) in [7, 11) is 0. The first-order chi connectivity index (χ1) is 13.7. The second kappa shape index (κ2) is 7.17. The van der Waals surface area contributed by atoms with Gasteiger partial charge in [0, 0.05) is 47.7 Å². The lowest BCUT2D eigenvalue weighted by Gasteiger charge is -2.26. The Morgan fingerprint density at radius 1 is 1.07 bits per heavy atom. The third-order valence-corrected chi connectivity index (χ3v) is 5.68. The molecule has 1 fully saturated rings. The first-order valence-electron chi connectivity index (χ1n) is 9.54. The normalized spacial score (nSPS) is 16.2. The average Bonchev–Trinajstić information content (AvgIpc) is 3.02. The standard InChI is InChI=1S/C22H20ClN3O2/c23-14-5-6-17-18(13-14)25-22(24-7-8-26-9-11-28-12-10-26)20-19(17)15-3-1-2-4-16(15)21(20)27/h1-6,13H,7-12H2,(H,24,25). The van der Waals surface area contributed by atoms with Gasteiger partial charge in [-0.1, -0.05) is 41.9 Å². The van der Waals surface area contributed by atoms with Gasteiger partial charge in [0.15, 0.2) is 5.78 Å². The summed E-state index contributed by atoms with van der Waals surface area (Å²) in [6.07, 6.45) is 0. The molecular weight excluding hydrogens is 374 g/mol. The first-order valence-corrected chi connectivity index (χ1v) is 9.91. The number of nitrogens with one attached hydrogen (secondary N) is 1.